The number of aromatic nitrogens is 1. The summed E-state index contributed by atoms with van der Waals surface area (Å²) in [4.78, 5) is 34.5. The Bertz CT molecular complexity index is 785. The molecular weight excluding hydrogens is 360 g/mol. The fraction of sp³-hybridized carbons (Fsp3) is 0.450. The molecule has 2 aromatic rings. The van der Waals surface area contributed by atoms with Crippen LogP contribution in [0.3, 0.4) is 0 Å². The van der Waals surface area contributed by atoms with E-state index in [2.05, 4.69) is 15.2 Å². The fourth-order valence-electron chi connectivity index (χ4n) is 3.77. The second kappa shape index (κ2) is 8.08. The van der Waals surface area contributed by atoms with Crippen LogP contribution < -0.4 is 10.2 Å². The van der Waals surface area contributed by atoms with E-state index < -0.39 is 0 Å². The number of carbonyl (C=O) groups is 2. The summed E-state index contributed by atoms with van der Waals surface area (Å²) in [5.41, 5.74) is 0.713. The first-order valence-electron chi connectivity index (χ1n) is 9.55. The topological polar surface area (TPSA) is 65.5 Å². The zero-order valence-electron chi connectivity index (χ0n) is 15.3. The monoisotopic (exact) mass is 384 g/mol. The molecule has 0 unspecified atom stereocenters. The van der Waals surface area contributed by atoms with Gasteiger partial charge in [-0.15, -0.1) is 11.3 Å². The maximum Gasteiger partial charge on any atom is 0.263 e. The molecule has 142 valence electrons. The quantitative estimate of drug-likeness (QED) is 0.879. The Morgan fingerprint density at radius 1 is 1.11 bits per heavy atom. The zero-order valence-corrected chi connectivity index (χ0v) is 16.1. The number of amides is 2. The van der Waals surface area contributed by atoms with Crippen LogP contribution in [0.1, 0.15) is 35.4 Å². The van der Waals surface area contributed by atoms with Gasteiger partial charge in [-0.3, -0.25) is 9.59 Å². The Kier molecular flexibility index (Phi) is 5.38. The van der Waals surface area contributed by atoms with E-state index in [9.17, 15) is 9.59 Å². The van der Waals surface area contributed by atoms with Gasteiger partial charge in [-0.25, -0.2) is 4.98 Å². The van der Waals surface area contributed by atoms with E-state index in [4.69, 9.17) is 0 Å². The fourth-order valence-corrected chi connectivity index (χ4v) is 4.46. The standard InChI is InChI=1S/C20H24N4O2S/c25-19(22-16-7-8-18(21-13-16)23-9-1-2-10-23)15-5-3-11-24(14-15)20(26)17-6-4-12-27-17/h4,6-8,12-13,15H,1-3,5,9-11,14H2,(H,22,25)/t15-/m0/s1. The highest BCUT2D eigenvalue weighted by atomic mass is 32.1. The third-order valence-corrected chi connectivity index (χ3v) is 6.11. The second-order valence-corrected chi connectivity index (χ2v) is 8.10. The summed E-state index contributed by atoms with van der Waals surface area (Å²) in [6.45, 7) is 3.29. The van der Waals surface area contributed by atoms with Gasteiger partial charge in [0.15, 0.2) is 0 Å². The van der Waals surface area contributed by atoms with Crippen molar-refractivity contribution in [3.63, 3.8) is 0 Å². The van der Waals surface area contributed by atoms with Gasteiger partial charge in [-0.2, -0.15) is 0 Å². The first kappa shape index (κ1) is 18.0. The number of pyridine rings is 1. The van der Waals surface area contributed by atoms with E-state index in [1.807, 2.05) is 29.6 Å². The van der Waals surface area contributed by atoms with Gasteiger partial charge >= 0.3 is 0 Å². The Balaban J connectivity index is 1.35. The van der Waals surface area contributed by atoms with Gasteiger partial charge < -0.3 is 15.1 Å². The van der Waals surface area contributed by atoms with E-state index in [0.717, 1.165) is 36.6 Å². The molecule has 2 aromatic heterocycles. The van der Waals surface area contributed by atoms with Crippen molar-refractivity contribution in [3.8, 4) is 0 Å². The lowest BCUT2D eigenvalue weighted by atomic mass is 9.97. The summed E-state index contributed by atoms with van der Waals surface area (Å²) in [5.74, 6) is 0.783. The highest BCUT2D eigenvalue weighted by molar-refractivity contribution is 7.12. The van der Waals surface area contributed by atoms with Crippen molar-refractivity contribution < 1.29 is 9.59 Å². The number of nitrogens with one attached hydrogen (secondary N) is 1. The third kappa shape index (κ3) is 4.13. The van der Waals surface area contributed by atoms with Gasteiger partial charge in [0.05, 0.1) is 22.7 Å². The van der Waals surface area contributed by atoms with Gasteiger partial charge in [0.25, 0.3) is 5.91 Å². The van der Waals surface area contributed by atoms with Crippen LogP contribution in [0.25, 0.3) is 0 Å². The molecule has 6 nitrogen and oxygen atoms in total. The SMILES string of the molecule is O=C(Nc1ccc(N2CCCC2)nc1)[C@H]1CCCN(C(=O)c2cccs2)C1. The lowest BCUT2D eigenvalue weighted by molar-refractivity contribution is -0.121. The molecule has 4 heterocycles. The van der Waals surface area contributed by atoms with Crippen molar-refractivity contribution >= 4 is 34.7 Å². The molecular formula is C20H24N4O2S. The zero-order chi connectivity index (χ0) is 18.6. The second-order valence-electron chi connectivity index (χ2n) is 7.16. The van der Waals surface area contributed by atoms with Crippen LogP contribution in [0, 0.1) is 5.92 Å². The minimum absolute atomic E-state index is 0.0270. The Hall–Kier alpha value is -2.41. The molecule has 4 rings (SSSR count). The number of thiophene rings is 1. The number of likely N-dealkylation sites (tertiary alicyclic amines) is 1. The molecule has 1 atom stereocenters. The third-order valence-electron chi connectivity index (χ3n) is 5.26. The molecule has 2 amide bonds. The van der Waals surface area contributed by atoms with Gasteiger partial charge in [0.1, 0.15) is 5.82 Å². The van der Waals surface area contributed by atoms with E-state index in [-0.39, 0.29) is 17.7 Å². The van der Waals surface area contributed by atoms with Crippen LogP contribution in [0.5, 0.6) is 0 Å². The molecule has 0 radical (unpaired) electrons. The maximum atomic E-state index is 12.7. The van der Waals surface area contributed by atoms with Crippen molar-refractivity contribution in [2.75, 3.05) is 36.4 Å². The number of anilines is 2. The molecule has 2 aliphatic rings. The van der Waals surface area contributed by atoms with Gasteiger partial charge in [0, 0.05) is 26.2 Å². The normalized spacial score (nSPS) is 19.9. The molecule has 0 aromatic carbocycles. The molecule has 0 saturated carbocycles. The van der Waals surface area contributed by atoms with E-state index in [1.54, 1.807) is 11.1 Å². The summed E-state index contributed by atoms with van der Waals surface area (Å²) in [6, 6.07) is 7.60. The molecule has 0 aliphatic carbocycles. The first-order chi connectivity index (χ1) is 13.2. The average Bonchev–Trinajstić information content (AvgIpc) is 3.42. The number of nitrogens with zero attached hydrogens (tertiary/aromatic N) is 3. The van der Waals surface area contributed by atoms with Crippen LogP contribution in [-0.4, -0.2) is 47.9 Å². The molecule has 2 saturated heterocycles. The van der Waals surface area contributed by atoms with Crippen LogP contribution in [0.4, 0.5) is 11.5 Å². The summed E-state index contributed by atoms with van der Waals surface area (Å²) in [7, 11) is 0. The molecule has 27 heavy (non-hydrogen) atoms. The van der Waals surface area contributed by atoms with Crippen LogP contribution in [0.15, 0.2) is 35.8 Å². The minimum Gasteiger partial charge on any atom is -0.357 e. The molecule has 0 spiro atoms. The van der Waals surface area contributed by atoms with Crippen LogP contribution in [0.2, 0.25) is 0 Å². The van der Waals surface area contributed by atoms with Crippen molar-refractivity contribution in [2.45, 2.75) is 25.7 Å². The summed E-state index contributed by atoms with van der Waals surface area (Å²) in [6.07, 6.45) is 5.80. The van der Waals surface area contributed by atoms with E-state index in [0.29, 0.717) is 18.8 Å². The Labute approximate surface area is 163 Å². The highest BCUT2D eigenvalue weighted by Gasteiger charge is 2.29. The average molecular weight is 385 g/mol. The van der Waals surface area contributed by atoms with Crippen LogP contribution >= 0.6 is 11.3 Å². The summed E-state index contributed by atoms with van der Waals surface area (Å²) >= 11 is 1.44. The largest absolute Gasteiger partial charge is 0.357 e. The summed E-state index contributed by atoms with van der Waals surface area (Å²) < 4.78 is 0. The number of carbonyl (C=O) groups excluding carboxylic acids is 2. The minimum atomic E-state index is -0.180. The molecule has 7 heteroatoms. The van der Waals surface area contributed by atoms with Crippen molar-refractivity contribution in [1.82, 2.24) is 9.88 Å². The lowest BCUT2D eigenvalue weighted by Crippen LogP contribution is -2.43. The Morgan fingerprint density at radius 2 is 1.96 bits per heavy atom. The molecule has 0 bridgehead atoms. The van der Waals surface area contributed by atoms with Gasteiger partial charge in [-0.05, 0) is 49.3 Å². The molecule has 2 aliphatic heterocycles. The maximum absolute atomic E-state index is 12.7. The highest BCUT2D eigenvalue weighted by Crippen LogP contribution is 2.23. The van der Waals surface area contributed by atoms with Crippen molar-refractivity contribution in [2.24, 2.45) is 5.92 Å². The summed E-state index contributed by atoms with van der Waals surface area (Å²) in [5, 5.41) is 4.87. The van der Waals surface area contributed by atoms with Gasteiger partial charge in [-0.1, -0.05) is 6.07 Å². The van der Waals surface area contributed by atoms with Gasteiger partial charge in [0.2, 0.25) is 5.91 Å². The van der Waals surface area contributed by atoms with Crippen molar-refractivity contribution in [3.05, 3.63) is 40.7 Å². The predicted molar refractivity (Wildman–Crippen MR) is 107 cm³/mol. The predicted octanol–water partition coefficient (Wildman–Crippen LogP) is 3.23. The molecule has 1 N–H and O–H groups in total. The first-order valence-corrected chi connectivity index (χ1v) is 10.4. The number of piperidine rings is 1. The number of rotatable bonds is 4. The van der Waals surface area contributed by atoms with Crippen LogP contribution in [-0.2, 0) is 4.79 Å². The number of hydrogen-bond donors (Lipinski definition) is 1. The van der Waals surface area contributed by atoms with E-state index >= 15 is 0 Å². The molecule has 2 fully saturated rings. The number of hydrogen-bond acceptors (Lipinski definition) is 5. The lowest BCUT2D eigenvalue weighted by Gasteiger charge is -2.31. The smallest absolute Gasteiger partial charge is 0.263 e. The van der Waals surface area contributed by atoms with Crippen molar-refractivity contribution in [1.29, 1.82) is 0 Å². The Morgan fingerprint density at radius 3 is 2.67 bits per heavy atom. The van der Waals surface area contributed by atoms with E-state index in [1.165, 1.54) is 24.2 Å².